The van der Waals surface area contributed by atoms with Crippen LogP contribution < -0.4 is 0 Å². The van der Waals surface area contributed by atoms with Gasteiger partial charge in [0.05, 0.1) is 0 Å². The van der Waals surface area contributed by atoms with E-state index in [1.54, 1.807) is 0 Å². The van der Waals surface area contributed by atoms with Crippen molar-refractivity contribution >= 4 is 0 Å². The molecule has 1 radical (unpaired) electrons. The highest BCUT2D eigenvalue weighted by Gasteiger charge is 2.93. The van der Waals surface area contributed by atoms with Crippen LogP contribution in [0.15, 0.2) is 0 Å². The molecule has 2 bridgehead atoms. The largest absolute Gasteiger partial charge is 0.274 e. The standard InChI is InChI=1S/C5H2F5/c6-1-2-4(7,8)3(1)5(2,9)10/h1-2H. The Morgan fingerprint density at radius 2 is 1.30 bits per heavy atom. The van der Waals surface area contributed by atoms with E-state index in [1.165, 1.54) is 0 Å². The van der Waals surface area contributed by atoms with Gasteiger partial charge in [0.25, 0.3) is 11.8 Å². The summed E-state index contributed by atoms with van der Waals surface area (Å²) in [7, 11) is 0. The maximum Gasteiger partial charge on any atom is 0.274 e. The molecule has 0 aliphatic heterocycles. The fourth-order valence-corrected chi connectivity index (χ4v) is 1.42. The van der Waals surface area contributed by atoms with E-state index in [0.29, 0.717) is 0 Å². The molecule has 0 heterocycles. The van der Waals surface area contributed by atoms with Gasteiger partial charge in [0.1, 0.15) is 12.1 Å². The molecule has 0 nitrogen and oxygen atoms in total. The zero-order chi connectivity index (χ0) is 7.73. The molecular weight excluding hydrogens is 155 g/mol. The van der Waals surface area contributed by atoms with Crippen LogP contribution in [0.25, 0.3) is 0 Å². The second kappa shape index (κ2) is 1.19. The third-order valence-corrected chi connectivity index (χ3v) is 2.07. The summed E-state index contributed by atoms with van der Waals surface area (Å²) < 4.78 is 59.8. The quantitative estimate of drug-likeness (QED) is 0.470. The Balaban J connectivity index is 2.23. The lowest BCUT2D eigenvalue weighted by Crippen LogP contribution is -2.82. The Kier molecular flexibility index (Phi) is 0.756. The van der Waals surface area contributed by atoms with Crippen molar-refractivity contribution in [3.8, 4) is 0 Å². The molecule has 0 saturated heterocycles. The topological polar surface area (TPSA) is 0 Å². The first kappa shape index (κ1) is 6.37. The predicted molar refractivity (Wildman–Crippen MR) is 21.5 cm³/mol. The molecule has 1 unspecified atom stereocenters. The summed E-state index contributed by atoms with van der Waals surface area (Å²) in [5.41, 5.74) is 0. The molecule has 3 fully saturated rings. The Morgan fingerprint density at radius 3 is 1.30 bits per heavy atom. The van der Waals surface area contributed by atoms with Crippen LogP contribution >= 0.6 is 0 Å². The minimum absolute atomic E-state index is 1.52. The average molecular weight is 157 g/mol. The molecule has 0 spiro atoms. The Morgan fingerprint density at radius 1 is 1.00 bits per heavy atom. The minimum atomic E-state index is -3.52. The smallest absolute Gasteiger partial charge is 0.246 e. The molecule has 3 aliphatic rings. The molecule has 3 saturated carbocycles. The van der Waals surface area contributed by atoms with Crippen molar-refractivity contribution in [1.82, 2.24) is 0 Å². The van der Waals surface area contributed by atoms with Crippen LogP contribution in [-0.4, -0.2) is 18.0 Å². The SMILES string of the molecule is FC1[C]2C(F)(F)C1C2(F)F. The zero-order valence-corrected chi connectivity index (χ0v) is 4.54. The number of halogens is 5. The van der Waals surface area contributed by atoms with Gasteiger partial charge in [-0.3, -0.25) is 0 Å². The molecular formula is C5H2F5. The van der Waals surface area contributed by atoms with Gasteiger partial charge in [0, 0.05) is 0 Å². The van der Waals surface area contributed by atoms with Crippen LogP contribution in [0.3, 0.4) is 0 Å². The molecule has 0 N–H and O–H groups in total. The second-order valence-corrected chi connectivity index (χ2v) is 2.54. The van der Waals surface area contributed by atoms with Crippen molar-refractivity contribution in [2.24, 2.45) is 5.92 Å². The number of rotatable bonds is 0. The van der Waals surface area contributed by atoms with Gasteiger partial charge in [-0.15, -0.1) is 0 Å². The van der Waals surface area contributed by atoms with Crippen molar-refractivity contribution in [2.75, 3.05) is 0 Å². The van der Waals surface area contributed by atoms with Crippen LogP contribution in [-0.2, 0) is 0 Å². The molecule has 10 heavy (non-hydrogen) atoms. The maximum atomic E-state index is 12.0. The highest BCUT2D eigenvalue weighted by molar-refractivity contribution is 5.46. The summed E-state index contributed by atoms with van der Waals surface area (Å²) in [4.78, 5) is 0. The molecule has 5 heteroatoms. The van der Waals surface area contributed by atoms with E-state index < -0.39 is 29.9 Å². The predicted octanol–water partition coefficient (Wildman–Crippen LogP) is 1.81. The zero-order valence-electron chi connectivity index (χ0n) is 4.54. The fourth-order valence-electron chi connectivity index (χ4n) is 1.42. The fraction of sp³-hybridized carbons (Fsp3) is 0.800. The van der Waals surface area contributed by atoms with E-state index in [2.05, 4.69) is 0 Å². The van der Waals surface area contributed by atoms with Crippen LogP contribution in [0.1, 0.15) is 0 Å². The summed E-state index contributed by atoms with van der Waals surface area (Å²) in [6.45, 7) is 0. The Bertz CT molecular complexity index is 154. The second-order valence-electron chi connectivity index (χ2n) is 2.54. The lowest BCUT2D eigenvalue weighted by molar-refractivity contribution is -0.357. The van der Waals surface area contributed by atoms with Crippen molar-refractivity contribution < 1.29 is 22.0 Å². The van der Waals surface area contributed by atoms with E-state index in [4.69, 9.17) is 0 Å². The van der Waals surface area contributed by atoms with Crippen molar-refractivity contribution in [3.05, 3.63) is 5.92 Å². The van der Waals surface area contributed by atoms with Crippen molar-refractivity contribution in [3.63, 3.8) is 0 Å². The monoisotopic (exact) mass is 157 g/mol. The van der Waals surface area contributed by atoms with Gasteiger partial charge in [0.15, 0.2) is 5.92 Å². The lowest BCUT2D eigenvalue weighted by atomic mass is 9.47. The Labute approximate surface area is 53.0 Å². The van der Waals surface area contributed by atoms with E-state index in [-0.39, 0.29) is 0 Å². The Hall–Kier alpha value is -0.350. The normalized spacial score (nSPS) is 47.7. The van der Waals surface area contributed by atoms with Gasteiger partial charge >= 0.3 is 0 Å². The molecule has 0 amide bonds. The van der Waals surface area contributed by atoms with Gasteiger partial charge in [-0.05, 0) is 0 Å². The average Bonchev–Trinajstić information content (AvgIpc) is 1.59. The molecule has 0 aromatic carbocycles. The van der Waals surface area contributed by atoms with Crippen LogP contribution in [0.2, 0.25) is 0 Å². The number of hydrogen-bond donors (Lipinski definition) is 0. The number of alkyl halides is 5. The third-order valence-electron chi connectivity index (χ3n) is 2.07. The van der Waals surface area contributed by atoms with Crippen LogP contribution in [0, 0.1) is 11.8 Å². The summed E-state index contributed by atoms with van der Waals surface area (Å²) in [6.07, 6.45) is -2.06. The lowest BCUT2D eigenvalue weighted by Gasteiger charge is -2.63. The maximum absolute atomic E-state index is 12.0. The molecule has 3 aliphatic carbocycles. The highest BCUT2D eigenvalue weighted by atomic mass is 19.3. The summed E-state index contributed by atoms with van der Waals surface area (Å²) in [5, 5.41) is 0. The van der Waals surface area contributed by atoms with Gasteiger partial charge < -0.3 is 0 Å². The van der Waals surface area contributed by atoms with E-state index in [1.807, 2.05) is 0 Å². The van der Waals surface area contributed by atoms with Crippen LogP contribution in [0.4, 0.5) is 22.0 Å². The molecule has 57 valence electrons. The highest BCUT2D eigenvalue weighted by Crippen LogP contribution is 2.75. The van der Waals surface area contributed by atoms with Gasteiger partial charge in [-0.1, -0.05) is 0 Å². The molecule has 0 aromatic heterocycles. The first-order valence-electron chi connectivity index (χ1n) is 2.67. The minimum Gasteiger partial charge on any atom is -0.246 e. The molecule has 3 rings (SSSR count). The number of hydrogen-bond acceptors (Lipinski definition) is 0. The third kappa shape index (κ3) is 0.338. The van der Waals surface area contributed by atoms with Crippen molar-refractivity contribution in [1.29, 1.82) is 0 Å². The van der Waals surface area contributed by atoms with E-state index >= 15 is 0 Å². The summed E-state index contributed by atoms with van der Waals surface area (Å²) >= 11 is 0. The summed E-state index contributed by atoms with van der Waals surface area (Å²) in [6, 6.07) is 0. The first-order valence-corrected chi connectivity index (χ1v) is 2.67. The summed E-state index contributed by atoms with van der Waals surface area (Å²) in [5.74, 6) is -10.9. The van der Waals surface area contributed by atoms with Crippen molar-refractivity contribution in [2.45, 2.75) is 18.0 Å². The van der Waals surface area contributed by atoms with Crippen LogP contribution in [0.5, 0.6) is 0 Å². The van der Waals surface area contributed by atoms with Gasteiger partial charge in [-0.2, -0.15) is 0 Å². The van der Waals surface area contributed by atoms with E-state index in [9.17, 15) is 22.0 Å². The molecule has 1 atom stereocenters. The first-order chi connectivity index (χ1) is 4.40. The van der Waals surface area contributed by atoms with Gasteiger partial charge in [-0.25, -0.2) is 22.0 Å². The van der Waals surface area contributed by atoms with E-state index in [0.717, 1.165) is 0 Å². The molecule has 0 aromatic rings. The van der Waals surface area contributed by atoms with Gasteiger partial charge in [0.2, 0.25) is 0 Å².